The number of rotatable bonds is 6. The highest BCUT2D eigenvalue weighted by Crippen LogP contribution is 2.25. The molecular formula is C17H27N3O. The molecule has 4 nitrogen and oxygen atoms in total. The number of nitrogens with zero attached hydrogens (tertiary/aromatic N) is 1. The summed E-state index contributed by atoms with van der Waals surface area (Å²) in [7, 11) is 0. The summed E-state index contributed by atoms with van der Waals surface area (Å²) < 4.78 is 0. The first-order valence-corrected chi connectivity index (χ1v) is 7.91. The third-order valence-corrected chi connectivity index (χ3v) is 4.64. The van der Waals surface area contributed by atoms with Crippen LogP contribution in [0.4, 0.5) is 5.69 Å². The fourth-order valence-electron chi connectivity index (χ4n) is 2.63. The van der Waals surface area contributed by atoms with Gasteiger partial charge in [-0.25, -0.2) is 0 Å². The lowest BCUT2D eigenvalue weighted by Crippen LogP contribution is -2.39. The van der Waals surface area contributed by atoms with E-state index < -0.39 is 5.41 Å². The predicted octanol–water partition coefficient (Wildman–Crippen LogP) is 2.60. The molecule has 1 atom stereocenters. The smallest absolute Gasteiger partial charge is 0.231 e. The fourth-order valence-corrected chi connectivity index (χ4v) is 2.63. The molecule has 0 aromatic heterocycles. The van der Waals surface area contributed by atoms with Crippen LogP contribution in [0.1, 0.15) is 38.7 Å². The van der Waals surface area contributed by atoms with E-state index in [4.69, 9.17) is 5.73 Å². The first-order valence-electron chi connectivity index (χ1n) is 7.91. The number of para-hydroxylation sites is 1. The third-order valence-electron chi connectivity index (χ3n) is 4.64. The van der Waals surface area contributed by atoms with Crippen molar-refractivity contribution < 1.29 is 4.79 Å². The number of amides is 1. The maximum absolute atomic E-state index is 12.5. The molecule has 4 heteroatoms. The van der Waals surface area contributed by atoms with Gasteiger partial charge in [0.15, 0.2) is 0 Å². The zero-order chi connectivity index (χ0) is 15.3. The summed E-state index contributed by atoms with van der Waals surface area (Å²) in [6.07, 6.45) is 3.29. The van der Waals surface area contributed by atoms with Gasteiger partial charge in [0.2, 0.25) is 5.91 Å². The highest BCUT2D eigenvalue weighted by Gasteiger charge is 2.30. The van der Waals surface area contributed by atoms with Gasteiger partial charge in [-0.2, -0.15) is 0 Å². The first kappa shape index (κ1) is 16.0. The number of hydrogen-bond acceptors (Lipinski definition) is 3. The maximum atomic E-state index is 12.5. The average molecular weight is 289 g/mol. The molecule has 1 heterocycles. The molecule has 2 rings (SSSR count). The summed E-state index contributed by atoms with van der Waals surface area (Å²) in [5.41, 5.74) is 7.38. The SMILES string of the molecule is CCC(C)(CN)C(=O)Nc1ccccc1CN1CCCC1. The number of nitrogens with two attached hydrogens (primary N) is 1. The Balaban J connectivity index is 2.10. The molecule has 0 aliphatic carbocycles. The molecule has 3 N–H and O–H groups in total. The summed E-state index contributed by atoms with van der Waals surface area (Å²) in [5, 5.41) is 3.08. The number of carbonyl (C=O) groups excluding carboxylic acids is 1. The molecule has 1 unspecified atom stereocenters. The van der Waals surface area contributed by atoms with Crippen molar-refractivity contribution in [2.24, 2.45) is 11.1 Å². The normalized spacial score (nSPS) is 18.4. The minimum atomic E-state index is -0.499. The molecule has 1 saturated heterocycles. The second-order valence-corrected chi connectivity index (χ2v) is 6.21. The van der Waals surface area contributed by atoms with Gasteiger partial charge in [0.25, 0.3) is 0 Å². The van der Waals surface area contributed by atoms with Crippen LogP contribution in [0.5, 0.6) is 0 Å². The lowest BCUT2D eigenvalue weighted by atomic mass is 9.86. The van der Waals surface area contributed by atoms with Gasteiger partial charge in [0.1, 0.15) is 0 Å². The van der Waals surface area contributed by atoms with Crippen LogP contribution in [-0.4, -0.2) is 30.4 Å². The van der Waals surface area contributed by atoms with Crippen LogP contribution in [0.25, 0.3) is 0 Å². The van der Waals surface area contributed by atoms with Gasteiger partial charge in [0.05, 0.1) is 5.41 Å². The Morgan fingerprint density at radius 2 is 2.00 bits per heavy atom. The van der Waals surface area contributed by atoms with Crippen LogP contribution in [-0.2, 0) is 11.3 Å². The molecule has 0 saturated carbocycles. The number of carbonyl (C=O) groups is 1. The number of hydrogen-bond donors (Lipinski definition) is 2. The van der Waals surface area contributed by atoms with Crippen molar-refractivity contribution in [1.82, 2.24) is 4.90 Å². The Bertz CT molecular complexity index is 477. The van der Waals surface area contributed by atoms with E-state index in [2.05, 4.69) is 16.3 Å². The van der Waals surface area contributed by atoms with Gasteiger partial charge >= 0.3 is 0 Å². The van der Waals surface area contributed by atoms with Crippen molar-refractivity contribution in [1.29, 1.82) is 0 Å². The summed E-state index contributed by atoms with van der Waals surface area (Å²) in [5.74, 6) is 0.0152. The highest BCUT2D eigenvalue weighted by molar-refractivity contribution is 5.95. The van der Waals surface area contributed by atoms with Crippen LogP contribution < -0.4 is 11.1 Å². The Morgan fingerprint density at radius 1 is 1.33 bits per heavy atom. The number of likely N-dealkylation sites (tertiary alicyclic amines) is 1. The second kappa shape index (κ2) is 7.05. The topological polar surface area (TPSA) is 58.4 Å². The molecule has 0 bridgehead atoms. The van der Waals surface area contributed by atoms with E-state index in [1.165, 1.54) is 18.4 Å². The summed E-state index contributed by atoms with van der Waals surface area (Å²) in [4.78, 5) is 14.9. The maximum Gasteiger partial charge on any atom is 0.231 e. The minimum Gasteiger partial charge on any atom is -0.329 e. The lowest BCUT2D eigenvalue weighted by molar-refractivity contribution is -0.124. The third kappa shape index (κ3) is 3.83. The Hall–Kier alpha value is -1.39. The molecule has 0 spiro atoms. The molecule has 116 valence electrons. The van der Waals surface area contributed by atoms with Crippen molar-refractivity contribution in [3.05, 3.63) is 29.8 Å². The fraction of sp³-hybridized carbons (Fsp3) is 0.588. The van der Waals surface area contributed by atoms with Crippen molar-refractivity contribution >= 4 is 11.6 Å². The lowest BCUT2D eigenvalue weighted by Gasteiger charge is -2.26. The van der Waals surface area contributed by atoms with Crippen molar-refractivity contribution in [2.45, 2.75) is 39.7 Å². The number of nitrogens with one attached hydrogen (secondary N) is 1. The molecule has 0 radical (unpaired) electrons. The van der Waals surface area contributed by atoms with Gasteiger partial charge in [-0.3, -0.25) is 9.69 Å². The molecule has 21 heavy (non-hydrogen) atoms. The van der Waals surface area contributed by atoms with Gasteiger partial charge in [-0.15, -0.1) is 0 Å². The first-order chi connectivity index (χ1) is 10.1. The standard InChI is InChI=1S/C17H27N3O/c1-3-17(2,13-18)16(21)19-15-9-5-4-8-14(15)12-20-10-6-7-11-20/h4-5,8-9H,3,6-7,10-13,18H2,1-2H3,(H,19,21). The number of benzene rings is 1. The van der Waals surface area contributed by atoms with Gasteiger partial charge in [0, 0.05) is 18.8 Å². The monoisotopic (exact) mass is 289 g/mol. The average Bonchev–Trinajstić information content (AvgIpc) is 3.01. The second-order valence-electron chi connectivity index (χ2n) is 6.21. The van der Waals surface area contributed by atoms with E-state index in [1.807, 2.05) is 32.0 Å². The van der Waals surface area contributed by atoms with Gasteiger partial charge < -0.3 is 11.1 Å². The van der Waals surface area contributed by atoms with Crippen molar-refractivity contribution in [2.75, 3.05) is 25.0 Å². The zero-order valence-corrected chi connectivity index (χ0v) is 13.2. The van der Waals surface area contributed by atoms with E-state index in [9.17, 15) is 4.79 Å². The molecule has 1 aliphatic heterocycles. The zero-order valence-electron chi connectivity index (χ0n) is 13.2. The van der Waals surface area contributed by atoms with E-state index in [1.54, 1.807) is 0 Å². The summed E-state index contributed by atoms with van der Waals surface area (Å²) in [6.45, 7) is 7.50. The van der Waals surface area contributed by atoms with Gasteiger partial charge in [-0.05, 0) is 50.9 Å². The Morgan fingerprint density at radius 3 is 2.62 bits per heavy atom. The summed E-state index contributed by atoms with van der Waals surface area (Å²) in [6, 6.07) is 8.08. The molecule has 1 aliphatic rings. The molecule has 1 aromatic carbocycles. The Kier molecular flexibility index (Phi) is 5.37. The van der Waals surface area contributed by atoms with Crippen LogP contribution in [0.15, 0.2) is 24.3 Å². The van der Waals surface area contributed by atoms with Crippen LogP contribution >= 0.6 is 0 Å². The minimum absolute atomic E-state index is 0.0152. The van der Waals surface area contributed by atoms with Crippen molar-refractivity contribution in [3.8, 4) is 0 Å². The van der Waals surface area contributed by atoms with Gasteiger partial charge in [-0.1, -0.05) is 25.1 Å². The molecule has 1 amide bonds. The van der Waals surface area contributed by atoms with E-state index in [0.29, 0.717) is 6.54 Å². The summed E-state index contributed by atoms with van der Waals surface area (Å²) >= 11 is 0. The molecule has 1 aromatic rings. The molecular weight excluding hydrogens is 262 g/mol. The van der Waals surface area contributed by atoms with E-state index >= 15 is 0 Å². The van der Waals surface area contributed by atoms with Crippen LogP contribution in [0, 0.1) is 5.41 Å². The quantitative estimate of drug-likeness (QED) is 0.846. The number of anilines is 1. The van der Waals surface area contributed by atoms with Crippen molar-refractivity contribution in [3.63, 3.8) is 0 Å². The molecule has 1 fully saturated rings. The van der Waals surface area contributed by atoms with Crippen LogP contribution in [0.3, 0.4) is 0 Å². The van der Waals surface area contributed by atoms with Crippen LogP contribution in [0.2, 0.25) is 0 Å². The van der Waals surface area contributed by atoms with E-state index in [0.717, 1.165) is 31.7 Å². The predicted molar refractivity (Wildman–Crippen MR) is 87.0 cm³/mol. The highest BCUT2D eigenvalue weighted by atomic mass is 16.2. The largest absolute Gasteiger partial charge is 0.329 e. The Labute approximate surface area is 127 Å². The van der Waals surface area contributed by atoms with E-state index in [-0.39, 0.29) is 5.91 Å².